The summed E-state index contributed by atoms with van der Waals surface area (Å²) in [5.74, 6) is -3.98. The van der Waals surface area contributed by atoms with E-state index in [4.69, 9.17) is 4.74 Å². The summed E-state index contributed by atoms with van der Waals surface area (Å²) in [6.45, 7) is -0.883. The zero-order valence-corrected chi connectivity index (χ0v) is 19.5. The van der Waals surface area contributed by atoms with Crippen LogP contribution in [0.3, 0.4) is 0 Å². The number of fused-ring (bicyclic) bond motifs is 5. The van der Waals surface area contributed by atoms with Crippen molar-refractivity contribution in [2.45, 2.75) is 25.1 Å². The summed E-state index contributed by atoms with van der Waals surface area (Å²) in [7, 11) is 0. The molecule has 0 spiro atoms. The average Bonchev–Trinajstić information content (AvgIpc) is 3.55. The van der Waals surface area contributed by atoms with Gasteiger partial charge < -0.3 is 10.1 Å². The number of rotatable bonds is 7. The van der Waals surface area contributed by atoms with E-state index in [0.717, 1.165) is 23.5 Å². The highest BCUT2D eigenvalue weighted by Crippen LogP contribution is 2.53. The van der Waals surface area contributed by atoms with E-state index in [1.165, 1.54) is 12.1 Å². The fourth-order valence-corrected chi connectivity index (χ4v) is 5.61. The number of nitrogens with one attached hydrogen (secondary N) is 1. The van der Waals surface area contributed by atoms with Crippen molar-refractivity contribution >= 4 is 29.4 Å². The molecule has 1 heterocycles. The molecule has 10 heteroatoms. The number of hydrogen-bond acceptors (Lipinski definition) is 5. The van der Waals surface area contributed by atoms with Gasteiger partial charge >= 0.3 is 12.1 Å². The van der Waals surface area contributed by atoms with E-state index in [-0.39, 0.29) is 18.3 Å². The highest BCUT2D eigenvalue weighted by molar-refractivity contribution is 6.09. The number of allylic oxidation sites excluding steroid dienone is 2. The molecule has 2 aromatic carbocycles. The molecule has 1 saturated heterocycles. The van der Waals surface area contributed by atoms with Crippen LogP contribution < -0.4 is 5.32 Å². The third-order valence-electron chi connectivity index (χ3n) is 7.21. The van der Waals surface area contributed by atoms with Crippen LogP contribution in [0, 0.1) is 23.7 Å². The highest BCUT2D eigenvalue weighted by atomic mass is 19.4. The molecule has 5 atom stereocenters. The Hall–Kier alpha value is -3.95. The lowest BCUT2D eigenvalue weighted by Crippen LogP contribution is -2.48. The van der Waals surface area contributed by atoms with Crippen LogP contribution in [-0.4, -0.2) is 41.2 Å². The molecule has 2 fully saturated rings. The number of halogens is 3. The Labute approximate surface area is 210 Å². The lowest BCUT2D eigenvalue weighted by Gasteiger charge is -2.26. The Bertz CT molecular complexity index is 1250. The Morgan fingerprint density at radius 2 is 1.54 bits per heavy atom. The van der Waals surface area contributed by atoms with Crippen LogP contribution >= 0.6 is 0 Å². The number of amides is 3. The minimum absolute atomic E-state index is 0.0160. The second kappa shape index (κ2) is 9.49. The topological polar surface area (TPSA) is 92.8 Å². The largest absolute Gasteiger partial charge is 0.454 e. The zero-order valence-electron chi connectivity index (χ0n) is 19.5. The van der Waals surface area contributed by atoms with Gasteiger partial charge in [-0.15, -0.1) is 0 Å². The maximum Gasteiger partial charge on any atom is 0.418 e. The number of imide groups is 1. The van der Waals surface area contributed by atoms with Gasteiger partial charge in [-0.2, -0.15) is 13.2 Å². The van der Waals surface area contributed by atoms with Gasteiger partial charge in [0.1, 0.15) is 6.04 Å². The molecule has 192 valence electrons. The van der Waals surface area contributed by atoms with Crippen LogP contribution in [0.2, 0.25) is 0 Å². The maximum absolute atomic E-state index is 13.3. The first-order valence-corrected chi connectivity index (χ1v) is 11.9. The van der Waals surface area contributed by atoms with Gasteiger partial charge in [0.2, 0.25) is 11.8 Å². The predicted molar refractivity (Wildman–Crippen MR) is 125 cm³/mol. The van der Waals surface area contributed by atoms with E-state index in [9.17, 15) is 32.3 Å². The van der Waals surface area contributed by atoms with E-state index in [1.54, 1.807) is 30.3 Å². The highest BCUT2D eigenvalue weighted by Gasteiger charge is 2.61. The number of para-hydroxylation sites is 1. The monoisotopic (exact) mass is 512 g/mol. The number of ether oxygens (including phenoxy) is 1. The van der Waals surface area contributed by atoms with E-state index >= 15 is 0 Å². The van der Waals surface area contributed by atoms with Crippen LogP contribution in [0.25, 0.3) is 0 Å². The fourth-order valence-electron chi connectivity index (χ4n) is 5.61. The molecule has 3 amide bonds. The van der Waals surface area contributed by atoms with Crippen molar-refractivity contribution in [1.82, 2.24) is 4.90 Å². The molecule has 2 bridgehead atoms. The summed E-state index contributed by atoms with van der Waals surface area (Å²) in [6.07, 6.45) is -0.0988. The predicted octanol–water partition coefficient (Wildman–Crippen LogP) is 3.61. The maximum atomic E-state index is 13.3. The molecule has 5 rings (SSSR count). The number of esters is 1. The van der Waals surface area contributed by atoms with Crippen molar-refractivity contribution in [3.8, 4) is 0 Å². The van der Waals surface area contributed by atoms with Crippen molar-refractivity contribution in [3.63, 3.8) is 0 Å². The number of likely N-dealkylation sites (tertiary alicyclic amines) is 1. The quantitative estimate of drug-likeness (QED) is 0.348. The normalized spacial score (nSPS) is 24.8. The van der Waals surface area contributed by atoms with Crippen molar-refractivity contribution in [2.75, 3.05) is 11.9 Å². The first-order chi connectivity index (χ1) is 17.6. The third kappa shape index (κ3) is 4.63. The van der Waals surface area contributed by atoms with Crippen molar-refractivity contribution in [1.29, 1.82) is 0 Å². The van der Waals surface area contributed by atoms with E-state index in [0.29, 0.717) is 5.56 Å². The third-order valence-corrected chi connectivity index (χ3v) is 7.21. The standard InChI is InChI=1S/C27H23F3N2O5/c28-27(29,30)18-8-4-5-9-19(18)31-21(33)14-37-26(36)20(12-15-6-2-1-3-7-15)32-24(34)22-16-10-11-17(13-16)23(22)25(32)35/h1-11,16-17,20,22-23H,12-14H2,(H,31,33)/t16-,17-,20-,22-,23+/m0/s1. The molecular weight excluding hydrogens is 489 g/mol. The molecule has 3 aliphatic rings. The van der Waals surface area contributed by atoms with Crippen LogP contribution in [0.5, 0.6) is 0 Å². The number of carbonyl (C=O) groups excluding carboxylic acids is 4. The number of carbonyl (C=O) groups is 4. The number of benzene rings is 2. The van der Waals surface area contributed by atoms with Crippen LogP contribution in [-0.2, 0) is 36.5 Å². The fraction of sp³-hybridized carbons (Fsp3) is 0.333. The Balaban J connectivity index is 1.32. The molecule has 2 aliphatic carbocycles. The van der Waals surface area contributed by atoms with Crippen molar-refractivity contribution in [2.24, 2.45) is 23.7 Å². The summed E-state index contributed by atoms with van der Waals surface area (Å²) in [5.41, 5.74) is -0.844. The van der Waals surface area contributed by atoms with Crippen molar-refractivity contribution in [3.05, 3.63) is 77.9 Å². The minimum Gasteiger partial charge on any atom is -0.454 e. The first kappa shape index (κ1) is 24.7. The smallest absolute Gasteiger partial charge is 0.418 e. The Morgan fingerprint density at radius 3 is 2.16 bits per heavy atom. The van der Waals surface area contributed by atoms with Crippen LogP contribution in [0.4, 0.5) is 18.9 Å². The minimum atomic E-state index is -4.69. The molecule has 1 saturated carbocycles. The zero-order chi connectivity index (χ0) is 26.3. The summed E-state index contributed by atoms with van der Waals surface area (Å²) >= 11 is 0. The molecule has 2 aromatic rings. The van der Waals surface area contributed by atoms with Crippen LogP contribution in [0.1, 0.15) is 17.5 Å². The van der Waals surface area contributed by atoms with Gasteiger partial charge in [-0.25, -0.2) is 4.79 Å². The molecule has 0 radical (unpaired) electrons. The Kier molecular flexibility index (Phi) is 6.35. The van der Waals surface area contributed by atoms with E-state index in [2.05, 4.69) is 5.32 Å². The summed E-state index contributed by atoms with van der Waals surface area (Å²) in [4.78, 5) is 53.1. The number of hydrogen-bond donors (Lipinski definition) is 1. The first-order valence-electron chi connectivity index (χ1n) is 11.9. The number of anilines is 1. The second-order valence-electron chi connectivity index (χ2n) is 9.45. The molecular formula is C27H23F3N2O5. The number of alkyl halides is 3. The lowest BCUT2D eigenvalue weighted by atomic mass is 9.85. The number of nitrogens with zero attached hydrogens (tertiary/aromatic N) is 1. The van der Waals surface area contributed by atoms with Gasteiger partial charge in [0.15, 0.2) is 6.61 Å². The average molecular weight is 512 g/mol. The lowest BCUT2D eigenvalue weighted by molar-refractivity contribution is -0.160. The van der Waals surface area contributed by atoms with Gasteiger partial charge in [-0.3, -0.25) is 19.3 Å². The molecule has 0 aromatic heterocycles. The molecule has 0 unspecified atom stereocenters. The van der Waals surface area contributed by atoms with Gasteiger partial charge in [-0.05, 0) is 36.0 Å². The van der Waals surface area contributed by atoms with Crippen LogP contribution in [0.15, 0.2) is 66.7 Å². The van der Waals surface area contributed by atoms with Gasteiger partial charge in [0.05, 0.1) is 23.1 Å². The molecule has 1 aliphatic heterocycles. The van der Waals surface area contributed by atoms with Crippen molar-refractivity contribution < 1.29 is 37.1 Å². The molecule has 37 heavy (non-hydrogen) atoms. The van der Waals surface area contributed by atoms with Gasteiger partial charge in [0, 0.05) is 6.42 Å². The summed E-state index contributed by atoms with van der Waals surface area (Å²) in [6, 6.07) is 11.9. The Morgan fingerprint density at radius 1 is 0.946 bits per heavy atom. The summed E-state index contributed by atoms with van der Waals surface area (Å²) in [5, 5.41) is 2.11. The molecule has 7 nitrogen and oxygen atoms in total. The summed E-state index contributed by atoms with van der Waals surface area (Å²) < 4.78 is 44.8. The second-order valence-corrected chi connectivity index (χ2v) is 9.45. The van der Waals surface area contributed by atoms with Gasteiger partial charge in [-0.1, -0.05) is 54.6 Å². The van der Waals surface area contributed by atoms with E-state index < -0.39 is 65.6 Å². The molecule has 1 N–H and O–H groups in total. The van der Waals surface area contributed by atoms with Gasteiger partial charge in [0.25, 0.3) is 5.91 Å². The SMILES string of the molecule is O=C(COC(=O)[C@H](Cc1ccccc1)N1C(=O)[C@@H]2[C@H](C1=O)[C@H]1C=C[C@H]2C1)Nc1ccccc1C(F)(F)F. The van der Waals surface area contributed by atoms with E-state index in [1.807, 2.05) is 12.2 Å².